The fraction of sp³-hybridized carbons (Fsp3) is 0.429. The Labute approximate surface area is 158 Å². The summed E-state index contributed by atoms with van der Waals surface area (Å²) in [5.74, 6) is 1.15. The molecule has 1 aromatic carbocycles. The highest BCUT2D eigenvalue weighted by molar-refractivity contribution is 5.74. The van der Waals surface area contributed by atoms with E-state index in [2.05, 4.69) is 9.88 Å². The van der Waals surface area contributed by atoms with Gasteiger partial charge >= 0.3 is 0 Å². The SMILES string of the molecule is COc1ccc(CN2C[C@@H]3CN(C(C)=O)[C@H](c4cccc(F)c4)[C@@H]3C2)cn1. The Balaban J connectivity index is 1.52. The van der Waals surface area contributed by atoms with Crippen molar-refractivity contribution in [1.82, 2.24) is 14.8 Å². The van der Waals surface area contributed by atoms with Crippen LogP contribution in [0, 0.1) is 17.7 Å². The Kier molecular flexibility index (Phi) is 4.83. The van der Waals surface area contributed by atoms with Crippen LogP contribution < -0.4 is 4.74 Å². The second kappa shape index (κ2) is 7.27. The number of hydrogen-bond acceptors (Lipinski definition) is 4. The molecule has 0 bridgehead atoms. The topological polar surface area (TPSA) is 45.7 Å². The van der Waals surface area contributed by atoms with Gasteiger partial charge in [0.1, 0.15) is 5.82 Å². The van der Waals surface area contributed by atoms with Gasteiger partial charge < -0.3 is 9.64 Å². The molecule has 5 nitrogen and oxygen atoms in total. The zero-order valence-corrected chi connectivity index (χ0v) is 15.6. The number of methoxy groups -OCH3 is 1. The lowest BCUT2D eigenvalue weighted by molar-refractivity contribution is -0.130. The van der Waals surface area contributed by atoms with Crippen LogP contribution in [0.4, 0.5) is 4.39 Å². The zero-order valence-electron chi connectivity index (χ0n) is 15.6. The van der Waals surface area contributed by atoms with Gasteiger partial charge in [0, 0.05) is 51.3 Å². The van der Waals surface area contributed by atoms with E-state index in [4.69, 9.17) is 4.74 Å². The summed E-state index contributed by atoms with van der Waals surface area (Å²) in [6, 6.07) is 10.5. The van der Waals surface area contributed by atoms with Crippen LogP contribution in [0.2, 0.25) is 0 Å². The van der Waals surface area contributed by atoms with Crippen LogP contribution in [-0.4, -0.2) is 47.4 Å². The van der Waals surface area contributed by atoms with Gasteiger partial charge in [0.15, 0.2) is 0 Å². The highest BCUT2D eigenvalue weighted by Crippen LogP contribution is 2.45. The lowest BCUT2D eigenvalue weighted by Crippen LogP contribution is -2.34. The molecular weight excluding hydrogens is 345 g/mol. The standard InChI is InChI=1S/C21H24FN3O2/c1-14(26)25-12-17-11-24(10-15-6-7-20(27-2)23-9-15)13-19(17)21(25)16-4-3-5-18(22)8-16/h3-9,17,19,21H,10-13H2,1-2H3/t17-,19-,21-/m1/s1. The Morgan fingerprint density at radius 1 is 1.26 bits per heavy atom. The molecule has 1 amide bonds. The predicted octanol–water partition coefficient (Wildman–Crippen LogP) is 2.88. The largest absolute Gasteiger partial charge is 0.481 e. The molecule has 27 heavy (non-hydrogen) atoms. The van der Waals surface area contributed by atoms with E-state index < -0.39 is 0 Å². The van der Waals surface area contributed by atoms with E-state index in [9.17, 15) is 9.18 Å². The molecule has 0 radical (unpaired) electrons. The second-order valence-electron chi connectivity index (χ2n) is 7.50. The van der Waals surface area contributed by atoms with Crippen LogP contribution in [0.3, 0.4) is 0 Å². The molecule has 0 spiro atoms. The average Bonchev–Trinajstić information content (AvgIpc) is 3.19. The maximum Gasteiger partial charge on any atom is 0.219 e. The van der Waals surface area contributed by atoms with E-state index in [-0.39, 0.29) is 17.8 Å². The molecule has 3 heterocycles. The number of carbonyl (C=O) groups is 1. The quantitative estimate of drug-likeness (QED) is 0.831. The molecule has 4 rings (SSSR count). The van der Waals surface area contributed by atoms with Crippen LogP contribution in [0.1, 0.15) is 24.1 Å². The molecule has 0 N–H and O–H groups in total. The normalized spacial score (nSPS) is 24.9. The summed E-state index contributed by atoms with van der Waals surface area (Å²) in [5.41, 5.74) is 2.03. The molecule has 2 aliphatic heterocycles. The number of nitrogens with zero attached hydrogens (tertiary/aromatic N) is 3. The van der Waals surface area contributed by atoms with Gasteiger partial charge in [-0.05, 0) is 29.2 Å². The molecule has 2 saturated heterocycles. The number of amides is 1. The molecule has 0 unspecified atom stereocenters. The minimum absolute atomic E-state index is 0.0535. The van der Waals surface area contributed by atoms with Crippen molar-refractivity contribution in [2.24, 2.45) is 11.8 Å². The first-order chi connectivity index (χ1) is 13.0. The van der Waals surface area contributed by atoms with Crippen molar-refractivity contribution < 1.29 is 13.9 Å². The lowest BCUT2D eigenvalue weighted by Gasteiger charge is -2.29. The van der Waals surface area contributed by atoms with Gasteiger partial charge in [-0.15, -0.1) is 0 Å². The summed E-state index contributed by atoms with van der Waals surface area (Å²) in [6.45, 7) is 4.99. The average molecular weight is 369 g/mol. The van der Waals surface area contributed by atoms with E-state index in [0.29, 0.717) is 17.7 Å². The second-order valence-corrected chi connectivity index (χ2v) is 7.50. The van der Waals surface area contributed by atoms with Gasteiger partial charge in [0.25, 0.3) is 0 Å². The fourth-order valence-corrected chi connectivity index (χ4v) is 4.59. The number of fused-ring (bicyclic) bond motifs is 1. The lowest BCUT2D eigenvalue weighted by atomic mass is 9.89. The molecule has 2 fully saturated rings. The molecule has 0 aliphatic carbocycles. The molecule has 3 atom stereocenters. The number of rotatable bonds is 4. The van der Waals surface area contributed by atoms with Gasteiger partial charge in [0.2, 0.25) is 11.8 Å². The van der Waals surface area contributed by atoms with Crippen molar-refractivity contribution >= 4 is 5.91 Å². The highest BCUT2D eigenvalue weighted by Gasteiger charge is 2.48. The molecule has 1 aromatic heterocycles. The van der Waals surface area contributed by atoms with Gasteiger partial charge in [-0.2, -0.15) is 0 Å². The van der Waals surface area contributed by atoms with Crippen molar-refractivity contribution in [3.05, 3.63) is 59.5 Å². The summed E-state index contributed by atoms with van der Waals surface area (Å²) in [6.07, 6.45) is 1.85. The van der Waals surface area contributed by atoms with E-state index >= 15 is 0 Å². The van der Waals surface area contributed by atoms with Crippen molar-refractivity contribution in [3.8, 4) is 5.88 Å². The molecule has 142 valence electrons. The van der Waals surface area contributed by atoms with Crippen LogP contribution >= 0.6 is 0 Å². The third-order valence-corrected chi connectivity index (χ3v) is 5.75. The number of hydrogen-bond donors (Lipinski definition) is 0. The number of ether oxygens (including phenoxy) is 1. The van der Waals surface area contributed by atoms with Crippen LogP contribution in [0.25, 0.3) is 0 Å². The van der Waals surface area contributed by atoms with Gasteiger partial charge in [0.05, 0.1) is 13.2 Å². The van der Waals surface area contributed by atoms with E-state index in [0.717, 1.165) is 37.3 Å². The fourth-order valence-electron chi connectivity index (χ4n) is 4.59. The summed E-state index contributed by atoms with van der Waals surface area (Å²) in [4.78, 5) is 20.8. The Morgan fingerprint density at radius 3 is 2.78 bits per heavy atom. The van der Waals surface area contributed by atoms with E-state index in [1.54, 1.807) is 26.2 Å². The number of halogens is 1. The first-order valence-corrected chi connectivity index (χ1v) is 9.29. The molecule has 6 heteroatoms. The number of pyridine rings is 1. The minimum Gasteiger partial charge on any atom is -0.481 e. The third kappa shape index (κ3) is 3.54. The molecule has 2 aliphatic rings. The third-order valence-electron chi connectivity index (χ3n) is 5.75. The van der Waals surface area contributed by atoms with Crippen molar-refractivity contribution in [2.45, 2.75) is 19.5 Å². The zero-order chi connectivity index (χ0) is 19.0. The monoisotopic (exact) mass is 369 g/mol. The molecular formula is C21H24FN3O2. The smallest absolute Gasteiger partial charge is 0.219 e. The van der Waals surface area contributed by atoms with Crippen LogP contribution in [0.5, 0.6) is 5.88 Å². The first kappa shape index (κ1) is 17.9. The maximum atomic E-state index is 13.8. The maximum absolute atomic E-state index is 13.8. The van der Waals surface area contributed by atoms with E-state index in [1.165, 1.54) is 6.07 Å². The van der Waals surface area contributed by atoms with Crippen molar-refractivity contribution in [1.29, 1.82) is 0 Å². The number of likely N-dealkylation sites (tertiary alicyclic amines) is 2. The van der Waals surface area contributed by atoms with E-state index in [1.807, 2.05) is 29.3 Å². The Hall–Kier alpha value is -2.47. The predicted molar refractivity (Wildman–Crippen MR) is 99.6 cm³/mol. The first-order valence-electron chi connectivity index (χ1n) is 9.29. The molecule has 2 aromatic rings. The summed E-state index contributed by atoms with van der Waals surface area (Å²) in [5, 5.41) is 0. The summed E-state index contributed by atoms with van der Waals surface area (Å²) < 4.78 is 18.9. The number of carbonyl (C=O) groups excluding carboxylic acids is 1. The number of benzene rings is 1. The van der Waals surface area contributed by atoms with Crippen molar-refractivity contribution in [3.63, 3.8) is 0 Å². The highest BCUT2D eigenvalue weighted by atomic mass is 19.1. The van der Waals surface area contributed by atoms with Gasteiger partial charge in [-0.3, -0.25) is 9.69 Å². The summed E-state index contributed by atoms with van der Waals surface area (Å²) >= 11 is 0. The molecule has 0 saturated carbocycles. The van der Waals surface area contributed by atoms with Crippen LogP contribution in [-0.2, 0) is 11.3 Å². The Morgan fingerprint density at radius 2 is 2.11 bits per heavy atom. The van der Waals surface area contributed by atoms with Gasteiger partial charge in [-0.1, -0.05) is 18.2 Å². The van der Waals surface area contributed by atoms with Crippen LogP contribution in [0.15, 0.2) is 42.6 Å². The summed E-state index contributed by atoms with van der Waals surface area (Å²) in [7, 11) is 1.61. The minimum atomic E-state index is -0.251. The number of aromatic nitrogens is 1. The van der Waals surface area contributed by atoms with Gasteiger partial charge in [-0.25, -0.2) is 9.37 Å². The van der Waals surface area contributed by atoms with Crippen molar-refractivity contribution in [2.75, 3.05) is 26.7 Å². The Bertz CT molecular complexity index is 826.